The van der Waals surface area contributed by atoms with Crippen molar-refractivity contribution in [2.75, 3.05) is 5.32 Å². The van der Waals surface area contributed by atoms with Crippen LogP contribution in [0, 0.1) is 0 Å². The minimum atomic E-state index is -4.27. The van der Waals surface area contributed by atoms with Crippen molar-refractivity contribution in [1.82, 2.24) is 9.62 Å². The summed E-state index contributed by atoms with van der Waals surface area (Å²) in [6.07, 6.45) is 0.872. The van der Waals surface area contributed by atoms with Crippen molar-refractivity contribution in [1.29, 1.82) is 0 Å². The molecule has 2 amide bonds. The van der Waals surface area contributed by atoms with Crippen LogP contribution in [-0.4, -0.2) is 36.1 Å². The van der Waals surface area contributed by atoms with Crippen molar-refractivity contribution in [3.63, 3.8) is 0 Å². The number of nitrogens with one attached hydrogen (secondary N) is 2. The SMILES string of the molecule is CCC(C)(C)NC(=O)c1ccc(NC(=O)C2Cc3ccccc3CN2S(=O)(=O)c2c(Cl)cccc2Cl)cc1Cl. The first-order chi connectivity index (χ1) is 18.3. The summed E-state index contributed by atoms with van der Waals surface area (Å²) >= 11 is 18.9. The molecule has 1 heterocycles. The minimum Gasteiger partial charge on any atom is -0.347 e. The number of rotatable bonds is 7. The van der Waals surface area contributed by atoms with Crippen molar-refractivity contribution in [2.45, 2.75) is 56.6 Å². The van der Waals surface area contributed by atoms with E-state index in [1.807, 2.05) is 45.0 Å². The maximum atomic E-state index is 13.8. The van der Waals surface area contributed by atoms with Crippen molar-refractivity contribution in [3.8, 4) is 0 Å². The minimum absolute atomic E-state index is 0.0348. The molecular weight excluding hydrogens is 581 g/mol. The largest absolute Gasteiger partial charge is 0.347 e. The van der Waals surface area contributed by atoms with Gasteiger partial charge in [-0.1, -0.05) is 72.1 Å². The number of fused-ring (bicyclic) bond motifs is 1. The monoisotopic (exact) mass is 607 g/mol. The van der Waals surface area contributed by atoms with Crippen LogP contribution in [-0.2, 0) is 27.8 Å². The number of amides is 2. The van der Waals surface area contributed by atoms with E-state index in [4.69, 9.17) is 34.8 Å². The third kappa shape index (κ3) is 6.26. The predicted molar refractivity (Wildman–Crippen MR) is 155 cm³/mol. The Morgan fingerprint density at radius 2 is 1.59 bits per heavy atom. The number of carbonyl (C=O) groups is 2. The second kappa shape index (κ2) is 11.5. The molecule has 0 aliphatic carbocycles. The summed E-state index contributed by atoms with van der Waals surface area (Å²) in [7, 11) is -4.27. The van der Waals surface area contributed by atoms with E-state index in [1.54, 1.807) is 12.1 Å². The van der Waals surface area contributed by atoms with E-state index in [0.29, 0.717) is 5.69 Å². The van der Waals surface area contributed by atoms with Gasteiger partial charge in [-0.25, -0.2) is 8.42 Å². The second-order valence-electron chi connectivity index (χ2n) is 9.97. The molecule has 1 atom stereocenters. The van der Waals surface area contributed by atoms with Crippen LogP contribution < -0.4 is 10.6 Å². The van der Waals surface area contributed by atoms with Crippen LogP contribution in [0.5, 0.6) is 0 Å². The molecule has 0 saturated heterocycles. The van der Waals surface area contributed by atoms with Gasteiger partial charge in [0.15, 0.2) is 0 Å². The molecule has 4 rings (SSSR count). The number of hydrogen-bond donors (Lipinski definition) is 2. The summed E-state index contributed by atoms with van der Waals surface area (Å²) in [5, 5.41) is 5.77. The van der Waals surface area contributed by atoms with Gasteiger partial charge in [-0.2, -0.15) is 4.31 Å². The molecule has 1 unspecified atom stereocenters. The standard InChI is InChI=1S/C28H28Cl3N3O4S/c1-4-28(2,3)33-26(35)20-13-12-19(15-23(20)31)32-27(36)24-14-17-8-5-6-9-18(17)16-34(24)39(37,38)25-21(29)10-7-11-22(25)30/h5-13,15,24H,4,14,16H2,1-3H3,(H,32,36)(H,33,35). The van der Waals surface area contributed by atoms with E-state index in [0.717, 1.165) is 21.9 Å². The first-order valence-electron chi connectivity index (χ1n) is 12.3. The Kier molecular flexibility index (Phi) is 8.64. The maximum Gasteiger partial charge on any atom is 0.253 e. The molecule has 39 heavy (non-hydrogen) atoms. The van der Waals surface area contributed by atoms with Gasteiger partial charge in [-0.15, -0.1) is 0 Å². The molecule has 0 radical (unpaired) electrons. The molecular formula is C28H28Cl3N3O4S. The van der Waals surface area contributed by atoms with Crippen LogP contribution in [0.4, 0.5) is 5.69 Å². The van der Waals surface area contributed by atoms with Crippen LogP contribution in [0.3, 0.4) is 0 Å². The smallest absolute Gasteiger partial charge is 0.253 e. The van der Waals surface area contributed by atoms with Gasteiger partial charge < -0.3 is 10.6 Å². The van der Waals surface area contributed by atoms with E-state index in [1.165, 1.54) is 24.3 Å². The maximum absolute atomic E-state index is 13.8. The number of hydrogen-bond acceptors (Lipinski definition) is 4. The van der Waals surface area contributed by atoms with E-state index < -0.39 is 27.5 Å². The highest BCUT2D eigenvalue weighted by Gasteiger charge is 2.41. The zero-order chi connectivity index (χ0) is 28.5. The fraction of sp³-hybridized carbons (Fsp3) is 0.286. The number of benzene rings is 3. The van der Waals surface area contributed by atoms with Gasteiger partial charge in [0.2, 0.25) is 15.9 Å². The summed E-state index contributed by atoms with van der Waals surface area (Å²) in [4.78, 5) is 26.0. The van der Waals surface area contributed by atoms with E-state index >= 15 is 0 Å². The van der Waals surface area contributed by atoms with Gasteiger partial charge in [0.1, 0.15) is 10.9 Å². The average molecular weight is 609 g/mol. The van der Waals surface area contributed by atoms with Gasteiger partial charge in [-0.05, 0) is 68.1 Å². The normalized spacial score (nSPS) is 15.9. The summed E-state index contributed by atoms with van der Waals surface area (Å²) in [6, 6.07) is 15.2. The fourth-order valence-corrected chi connectivity index (χ4v) is 7.21. The first-order valence-corrected chi connectivity index (χ1v) is 14.9. The quantitative estimate of drug-likeness (QED) is 0.328. The summed E-state index contributed by atoms with van der Waals surface area (Å²) < 4.78 is 28.8. The third-order valence-electron chi connectivity index (χ3n) is 6.81. The molecule has 206 valence electrons. The molecule has 3 aromatic carbocycles. The fourth-order valence-electron chi connectivity index (χ4n) is 4.29. The van der Waals surface area contributed by atoms with Crippen molar-refractivity contribution in [2.24, 2.45) is 0 Å². The molecule has 11 heteroatoms. The third-order valence-corrected chi connectivity index (χ3v) is 9.93. The molecule has 1 aliphatic heterocycles. The lowest BCUT2D eigenvalue weighted by Gasteiger charge is -2.35. The number of halogens is 3. The number of nitrogens with zero attached hydrogens (tertiary/aromatic N) is 1. The summed E-state index contributed by atoms with van der Waals surface area (Å²) in [6.45, 7) is 5.75. The molecule has 1 aliphatic rings. The summed E-state index contributed by atoms with van der Waals surface area (Å²) in [5.41, 5.74) is 1.81. The Labute approximate surface area is 243 Å². The topological polar surface area (TPSA) is 95.6 Å². The van der Waals surface area contributed by atoms with Crippen LogP contribution >= 0.6 is 34.8 Å². The Morgan fingerprint density at radius 3 is 2.21 bits per heavy atom. The summed E-state index contributed by atoms with van der Waals surface area (Å²) in [5.74, 6) is -0.890. The Morgan fingerprint density at radius 1 is 0.949 bits per heavy atom. The number of anilines is 1. The zero-order valence-electron chi connectivity index (χ0n) is 21.6. The van der Waals surface area contributed by atoms with Crippen molar-refractivity contribution < 1.29 is 18.0 Å². The zero-order valence-corrected chi connectivity index (χ0v) is 24.7. The van der Waals surface area contributed by atoms with Crippen LogP contribution in [0.25, 0.3) is 0 Å². The Bertz CT molecular complexity index is 1520. The van der Waals surface area contributed by atoms with Gasteiger partial charge in [0.05, 0.1) is 20.6 Å². The highest BCUT2D eigenvalue weighted by molar-refractivity contribution is 7.89. The second-order valence-corrected chi connectivity index (χ2v) is 13.0. The number of carbonyl (C=O) groups excluding carboxylic acids is 2. The van der Waals surface area contributed by atoms with Crippen molar-refractivity contribution in [3.05, 3.63) is 92.4 Å². The number of sulfonamides is 1. The molecule has 2 N–H and O–H groups in total. The molecule has 3 aromatic rings. The van der Waals surface area contributed by atoms with E-state index in [-0.39, 0.29) is 44.4 Å². The molecule has 0 spiro atoms. The lowest BCUT2D eigenvalue weighted by atomic mass is 9.95. The van der Waals surface area contributed by atoms with Crippen LogP contribution in [0.1, 0.15) is 48.7 Å². The van der Waals surface area contributed by atoms with Gasteiger partial charge in [-0.3, -0.25) is 9.59 Å². The van der Waals surface area contributed by atoms with Gasteiger partial charge in [0, 0.05) is 17.8 Å². The molecule has 0 aromatic heterocycles. The Balaban J connectivity index is 1.65. The highest BCUT2D eigenvalue weighted by Crippen LogP contribution is 2.36. The van der Waals surface area contributed by atoms with Crippen molar-refractivity contribution >= 4 is 62.3 Å². The van der Waals surface area contributed by atoms with Gasteiger partial charge in [0.25, 0.3) is 5.91 Å². The predicted octanol–water partition coefficient (Wildman–Crippen LogP) is 6.32. The van der Waals surface area contributed by atoms with E-state index in [2.05, 4.69) is 10.6 Å². The molecule has 0 bridgehead atoms. The van der Waals surface area contributed by atoms with E-state index in [9.17, 15) is 18.0 Å². The van der Waals surface area contributed by atoms with Gasteiger partial charge >= 0.3 is 0 Å². The lowest BCUT2D eigenvalue weighted by molar-refractivity contribution is -0.120. The average Bonchev–Trinajstić information content (AvgIpc) is 2.87. The lowest BCUT2D eigenvalue weighted by Crippen LogP contribution is -2.50. The Hall–Kier alpha value is -2.62. The molecule has 0 fully saturated rings. The van der Waals surface area contributed by atoms with Crippen LogP contribution in [0.2, 0.25) is 15.1 Å². The van der Waals surface area contributed by atoms with Crippen LogP contribution in [0.15, 0.2) is 65.6 Å². The molecule has 7 nitrogen and oxygen atoms in total. The first kappa shape index (κ1) is 29.4. The highest BCUT2D eigenvalue weighted by atomic mass is 35.5. The molecule has 0 saturated carbocycles.